The molecule has 0 atom stereocenters. The van der Waals surface area contributed by atoms with Gasteiger partial charge in [0.2, 0.25) is 0 Å². The maximum Gasteiger partial charge on any atom is 0.314 e. The molecule has 0 unspecified atom stereocenters. The van der Waals surface area contributed by atoms with Crippen LogP contribution in [0.3, 0.4) is 0 Å². The van der Waals surface area contributed by atoms with E-state index in [4.69, 9.17) is 5.73 Å². The monoisotopic (exact) mass is 665 g/mol. The lowest BCUT2D eigenvalue weighted by molar-refractivity contribution is 0.205. The maximum absolute atomic E-state index is 12.1. The summed E-state index contributed by atoms with van der Waals surface area (Å²) in [6.45, 7) is 7.19. The number of urea groups is 2. The minimum Gasteiger partial charge on any atom is -0.351 e. The van der Waals surface area contributed by atoms with E-state index in [2.05, 4.69) is 24.5 Å². The molecule has 4 amide bonds. The van der Waals surface area contributed by atoms with Gasteiger partial charge in [-0.2, -0.15) is 0 Å². The Morgan fingerprint density at radius 1 is 0.383 bits per heavy atom. The van der Waals surface area contributed by atoms with Crippen LogP contribution < -0.4 is 16.4 Å². The molecule has 47 heavy (non-hydrogen) atoms. The number of nitrogens with one attached hydrogen (secondary N) is 2. The highest BCUT2D eigenvalue weighted by atomic mass is 16.2. The molecule has 0 aromatic heterocycles. The van der Waals surface area contributed by atoms with Crippen molar-refractivity contribution in [1.82, 2.24) is 15.5 Å². The van der Waals surface area contributed by atoms with Gasteiger partial charge >= 0.3 is 12.1 Å². The Labute approximate surface area is 294 Å². The number of amides is 4. The van der Waals surface area contributed by atoms with E-state index in [-0.39, 0.29) is 12.1 Å². The van der Waals surface area contributed by atoms with Gasteiger partial charge in [-0.15, -0.1) is 0 Å². The van der Waals surface area contributed by atoms with E-state index in [0.717, 1.165) is 38.8 Å². The van der Waals surface area contributed by atoms with Crippen LogP contribution in [-0.2, 0) is 0 Å². The number of unbranched alkanes of at least 4 members (excludes halogenated alkanes) is 30. The minimum absolute atomic E-state index is 0.102. The predicted octanol–water partition coefficient (Wildman–Crippen LogP) is 12.6. The van der Waals surface area contributed by atoms with Crippen LogP contribution in [0.25, 0.3) is 0 Å². The number of nitrogens with zero attached hydrogens (tertiary/aromatic N) is 1. The van der Waals surface area contributed by atoms with Crippen LogP contribution in [0.2, 0.25) is 0 Å². The van der Waals surface area contributed by atoms with Crippen molar-refractivity contribution in [3.63, 3.8) is 0 Å². The summed E-state index contributed by atoms with van der Waals surface area (Å²) >= 11 is 0. The zero-order chi connectivity index (χ0) is 34.3. The molecule has 0 aromatic carbocycles. The minimum atomic E-state index is -0.348. The summed E-state index contributed by atoms with van der Waals surface area (Å²) in [5, 5.41) is 5.90. The van der Waals surface area contributed by atoms with Crippen LogP contribution in [0.4, 0.5) is 9.59 Å². The van der Waals surface area contributed by atoms with E-state index in [0.29, 0.717) is 13.1 Å². The van der Waals surface area contributed by atoms with Crippen LogP contribution in [-0.4, -0.2) is 43.1 Å². The van der Waals surface area contributed by atoms with Crippen molar-refractivity contribution >= 4 is 12.1 Å². The molecule has 0 rings (SSSR count). The van der Waals surface area contributed by atoms with Gasteiger partial charge in [0.1, 0.15) is 0 Å². The lowest BCUT2D eigenvalue weighted by Gasteiger charge is -2.20. The van der Waals surface area contributed by atoms with E-state index < -0.39 is 0 Å². The normalized spacial score (nSPS) is 11.2. The molecule has 0 saturated heterocycles. The Hall–Kier alpha value is -1.46. The van der Waals surface area contributed by atoms with Gasteiger partial charge < -0.3 is 21.3 Å². The molecule has 0 spiro atoms. The molecule has 0 aliphatic carbocycles. The quantitative estimate of drug-likeness (QED) is 0.0574. The van der Waals surface area contributed by atoms with Gasteiger partial charge in [-0.1, -0.05) is 206 Å². The largest absolute Gasteiger partial charge is 0.351 e. The van der Waals surface area contributed by atoms with Crippen molar-refractivity contribution in [3.8, 4) is 0 Å². The van der Waals surface area contributed by atoms with Crippen molar-refractivity contribution in [1.29, 1.82) is 0 Å². The van der Waals surface area contributed by atoms with E-state index in [1.54, 1.807) is 4.90 Å². The third kappa shape index (κ3) is 37.2. The fraction of sp³-hybridized carbons (Fsp3) is 0.951. The first-order valence-corrected chi connectivity index (χ1v) is 21.2. The number of primary amides is 1. The number of carbonyl (C=O) groups excluding carboxylic acids is 2. The molecule has 6 nitrogen and oxygen atoms in total. The molecule has 0 radical (unpaired) electrons. The molecule has 0 fully saturated rings. The van der Waals surface area contributed by atoms with Gasteiger partial charge in [0.05, 0.1) is 0 Å². The Morgan fingerprint density at radius 2 is 0.638 bits per heavy atom. The Balaban J connectivity index is 3.45. The van der Waals surface area contributed by atoms with Gasteiger partial charge in [-0.3, -0.25) is 0 Å². The molecule has 0 aliphatic heterocycles. The van der Waals surface area contributed by atoms with Crippen molar-refractivity contribution in [3.05, 3.63) is 0 Å². The second kappa shape index (κ2) is 39.0. The average Bonchev–Trinajstić information content (AvgIpc) is 3.06. The van der Waals surface area contributed by atoms with Crippen molar-refractivity contribution < 1.29 is 9.59 Å². The highest BCUT2D eigenvalue weighted by molar-refractivity contribution is 5.73. The highest BCUT2D eigenvalue weighted by Gasteiger charge is 2.09. The van der Waals surface area contributed by atoms with Crippen molar-refractivity contribution in [2.75, 3.05) is 26.2 Å². The molecule has 0 aromatic rings. The lowest BCUT2D eigenvalue weighted by Crippen LogP contribution is -2.40. The van der Waals surface area contributed by atoms with E-state index in [9.17, 15) is 9.59 Å². The maximum atomic E-state index is 12.1. The van der Waals surface area contributed by atoms with Crippen LogP contribution in [0.1, 0.15) is 226 Å². The van der Waals surface area contributed by atoms with Crippen LogP contribution in [0, 0.1) is 0 Å². The zero-order valence-corrected chi connectivity index (χ0v) is 32.0. The number of hydrogen-bond donors (Lipinski definition) is 3. The third-order valence-electron chi connectivity index (χ3n) is 9.80. The lowest BCUT2D eigenvalue weighted by atomic mass is 10.0. The summed E-state index contributed by atoms with van der Waals surface area (Å²) in [6, 6.07) is -0.451. The summed E-state index contributed by atoms with van der Waals surface area (Å²) in [7, 11) is 0. The van der Waals surface area contributed by atoms with Crippen molar-refractivity contribution in [2.24, 2.45) is 5.73 Å². The molecule has 0 bridgehead atoms. The third-order valence-corrected chi connectivity index (χ3v) is 9.80. The van der Waals surface area contributed by atoms with Crippen molar-refractivity contribution in [2.45, 2.75) is 226 Å². The van der Waals surface area contributed by atoms with Gasteiger partial charge in [-0.05, 0) is 19.3 Å². The van der Waals surface area contributed by atoms with Gasteiger partial charge in [-0.25, -0.2) is 9.59 Å². The molecular formula is C41H84N4O2. The molecule has 4 N–H and O–H groups in total. The smallest absolute Gasteiger partial charge is 0.314 e. The summed E-state index contributed by atoms with van der Waals surface area (Å²) in [4.78, 5) is 25.7. The first kappa shape index (κ1) is 45.5. The van der Waals surface area contributed by atoms with E-state index >= 15 is 0 Å². The molecule has 280 valence electrons. The summed E-state index contributed by atoms with van der Waals surface area (Å²) in [6.07, 6.45) is 43.9. The molecule has 0 saturated carbocycles. The van der Waals surface area contributed by atoms with Gasteiger partial charge in [0, 0.05) is 26.2 Å². The standard InChI is InChI=1S/C41H84N4O2/c1-3-5-7-9-11-13-15-17-19-21-23-25-27-29-31-33-36-43-41(47)44-37-35-39-45(40(42)46)38-34-32-30-28-26-24-22-20-18-16-14-12-10-8-6-4-2/h3-39H2,1-2H3,(H2,42,46)(H2,43,44,47). The molecule has 6 heteroatoms. The number of carbonyl (C=O) groups is 2. The number of rotatable bonds is 38. The topological polar surface area (TPSA) is 87.5 Å². The first-order valence-electron chi connectivity index (χ1n) is 21.2. The molecule has 0 heterocycles. The van der Waals surface area contributed by atoms with Crippen LogP contribution in [0.5, 0.6) is 0 Å². The molecule has 0 aliphatic rings. The number of nitrogens with two attached hydrogens (primary N) is 1. The van der Waals surface area contributed by atoms with Crippen LogP contribution >= 0.6 is 0 Å². The fourth-order valence-electron chi connectivity index (χ4n) is 6.59. The zero-order valence-electron chi connectivity index (χ0n) is 32.0. The second-order valence-electron chi connectivity index (χ2n) is 14.5. The average molecular weight is 665 g/mol. The van der Waals surface area contributed by atoms with E-state index in [1.165, 1.54) is 186 Å². The van der Waals surface area contributed by atoms with Gasteiger partial charge in [0.15, 0.2) is 0 Å². The summed E-state index contributed by atoms with van der Waals surface area (Å²) in [5.74, 6) is 0. The highest BCUT2D eigenvalue weighted by Crippen LogP contribution is 2.15. The second-order valence-corrected chi connectivity index (χ2v) is 14.5. The summed E-state index contributed by atoms with van der Waals surface area (Å²) in [5.41, 5.74) is 5.61. The Morgan fingerprint density at radius 3 is 0.957 bits per heavy atom. The Kier molecular flexibility index (Phi) is 37.8. The predicted molar refractivity (Wildman–Crippen MR) is 206 cm³/mol. The van der Waals surface area contributed by atoms with E-state index in [1.807, 2.05) is 0 Å². The molecular weight excluding hydrogens is 580 g/mol. The number of hydrogen-bond acceptors (Lipinski definition) is 2. The van der Waals surface area contributed by atoms with Crippen LogP contribution in [0.15, 0.2) is 0 Å². The van der Waals surface area contributed by atoms with Gasteiger partial charge in [0.25, 0.3) is 0 Å². The Bertz CT molecular complexity index is 645. The fourth-order valence-corrected chi connectivity index (χ4v) is 6.59. The summed E-state index contributed by atoms with van der Waals surface area (Å²) < 4.78 is 0. The first-order chi connectivity index (χ1) is 23.1. The SMILES string of the molecule is CCCCCCCCCCCCCCCCCCNC(=O)NCCCN(CCCCCCCCCCCCCCCCCC)C(N)=O.